The molecule has 0 atom stereocenters. The molecule has 1 aromatic heterocycles. The molecular formula is C19H33NO3SSi. The van der Waals surface area contributed by atoms with Gasteiger partial charge in [-0.1, -0.05) is 26.7 Å². The number of thiazole rings is 1. The number of rotatable bonds is 9. The smallest absolute Gasteiger partial charge is 0.210 e. The Labute approximate surface area is 158 Å². The van der Waals surface area contributed by atoms with Gasteiger partial charge in [-0.15, -0.1) is 11.3 Å². The molecule has 0 amide bonds. The molecule has 0 aliphatic carbocycles. The maximum atomic E-state index is 6.16. The van der Waals surface area contributed by atoms with E-state index in [1.165, 1.54) is 11.3 Å². The standard InChI is InChI=1S/C19H33NO3SSi/c1-8-21-18(22-9-2)17-20-16(15-24-17)13-11-10-12-14-23-25(6,7)19(3,4)5/h15,18H,8-10,12,14H2,1-7H3. The highest BCUT2D eigenvalue weighted by Gasteiger charge is 2.36. The molecule has 142 valence electrons. The van der Waals surface area contributed by atoms with Crippen LogP contribution in [-0.4, -0.2) is 33.1 Å². The average molecular weight is 384 g/mol. The van der Waals surface area contributed by atoms with Gasteiger partial charge in [-0.25, -0.2) is 4.98 Å². The van der Waals surface area contributed by atoms with Crippen molar-refractivity contribution in [1.82, 2.24) is 4.98 Å². The van der Waals surface area contributed by atoms with Gasteiger partial charge in [0, 0.05) is 31.6 Å². The van der Waals surface area contributed by atoms with Crippen LogP contribution in [0.15, 0.2) is 5.38 Å². The second-order valence-corrected chi connectivity index (χ2v) is 13.0. The molecule has 0 aliphatic heterocycles. The number of unbranched alkanes of at least 4 members (excludes halogenated alkanes) is 1. The summed E-state index contributed by atoms with van der Waals surface area (Å²) >= 11 is 1.53. The van der Waals surface area contributed by atoms with E-state index in [4.69, 9.17) is 13.9 Å². The molecule has 0 fully saturated rings. The fourth-order valence-electron chi connectivity index (χ4n) is 1.80. The molecule has 0 N–H and O–H groups in total. The van der Waals surface area contributed by atoms with Crippen molar-refractivity contribution in [2.24, 2.45) is 0 Å². The summed E-state index contributed by atoms with van der Waals surface area (Å²) in [5, 5.41) is 3.04. The lowest BCUT2D eigenvalue weighted by atomic mass is 10.2. The van der Waals surface area contributed by atoms with Crippen molar-refractivity contribution in [3.05, 3.63) is 16.1 Å². The Balaban J connectivity index is 2.44. The van der Waals surface area contributed by atoms with Crippen LogP contribution in [0.1, 0.15) is 64.5 Å². The fourth-order valence-corrected chi connectivity index (χ4v) is 3.63. The van der Waals surface area contributed by atoms with E-state index in [1.807, 2.05) is 19.2 Å². The van der Waals surface area contributed by atoms with Gasteiger partial charge in [-0.2, -0.15) is 0 Å². The van der Waals surface area contributed by atoms with Gasteiger partial charge in [0.25, 0.3) is 0 Å². The van der Waals surface area contributed by atoms with Crippen LogP contribution in [0.5, 0.6) is 0 Å². The number of aromatic nitrogens is 1. The molecule has 0 bridgehead atoms. The third-order valence-electron chi connectivity index (χ3n) is 4.29. The van der Waals surface area contributed by atoms with Crippen molar-refractivity contribution in [2.45, 2.75) is 71.9 Å². The monoisotopic (exact) mass is 383 g/mol. The van der Waals surface area contributed by atoms with Crippen molar-refractivity contribution in [3.8, 4) is 11.8 Å². The van der Waals surface area contributed by atoms with Gasteiger partial charge in [0.05, 0.1) is 0 Å². The quantitative estimate of drug-likeness (QED) is 0.249. The average Bonchev–Trinajstić information content (AvgIpc) is 2.98. The van der Waals surface area contributed by atoms with E-state index < -0.39 is 8.32 Å². The molecule has 0 aromatic carbocycles. The highest BCUT2D eigenvalue weighted by atomic mass is 32.1. The van der Waals surface area contributed by atoms with Gasteiger partial charge in [-0.3, -0.25) is 0 Å². The lowest BCUT2D eigenvalue weighted by molar-refractivity contribution is -0.140. The van der Waals surface area contributed by atoms with Gasteiger partial charge in [0.1, 0.15) is 5.69 Å². The number of nitrogens with zero attached hydrogens (tertiary/aromatic N) is 1. The minimum absolute atomic E-state index is 0.257. The highest BCUT2D eigenvalue weighted by Crippen LogP contribution is 2.36. The zero-order valence-electron chi connectivity index (χ0n) is 16.8. The highest BCUT2D eigenvalue weighted by molar-refractivity contribution is 7.09. The fraction of sp³-hybridized carbons (Fsp3) is 0.737. The van der Waals surface area contributed by atoms with E-state index >= 15 is 0 Å². The first-order chi connectivity index (χ1) is 11.7. The number of hydrogen-bond acceptors (Lipinski definition) is 5. The van der Waals surface area contributed by atoms with Gasteiger partial charge >= 0.3 is 0 Å². The first-order valence-electron chi connectivity index (χ1n) is 9.02. The van der Waals surface area contributed by atoms with Crippen molar-refractivity contribution in [3.63, 3.8) is 0 Å². The van der Waals surface area contributed by atoms with E-state index in [0.717, 1.165) is 30.2 Å². The van der Waals surface area contributed by atoms with E-state index in [1.54, 1.807) is 0 Å². The van der Waals surface area contributed by atoms with Crippen molar-refractivity contribution < 1.29 is 13.9 Å². The molecule has 1 heterocycles. The third kappa shape index (κ3) is 7.59. The SMILES string of the molecule is CCOC(OCC)c1nc(C#CCCCO[Si](C)(C)C(C)(C)C)cs1. The summed E-state index contributed by atoms with van der Waals surface area (Å²) in [5.41, 5.74) is 0.787. The van der Waals surface area contributed by atoms with E-state index in [9.17, 15) is 0 Å². The van der Waals surface area contributed by atoms with Crippen LogP contribution in [0.25, 0.3) is 0 Å². The lowest BCUT2D eigenvalue weighted by Crippen LogP contribution is -2.40. The molecule has 0 radical (unpaired) electrons. The zero-order valence-corrected chi connectivity index (χ0v) is 18.6. The Morgan fingerprint density at radius 3 is 2.40 bits per heavy atom. The maximum Gasteiger partial charge on any atom is 0.210 e. The summed E-state index contributed by atoms with van der Waals surface area (Å²) in [6, 6.07) is 0. The van der Waals surface area contributed by atoms with Gasteiger partial charge in [0.15, 0.2) is 13.3 Å². The Kier molecular flexibility index (Phi) is 9.32. The molecule has 1 rings (SSSR count). The minimum atomic E-state index is -1.64. The Morgan fingerprint density at radius 1 is 1.20 bits per heavy atom. The largest absolute Gasteiger partial charge is 0.417 e. The number of hydrogen-bond donors (Lipinski definition) is 0. The van der Waals surface area contributed by atoms with Crippen LogP contribution in [0.2, 0.25) is 18.1 Å². The molecule has 0 saturated heterocycles. The molecule has 4 nitrogen and oxygen atoms in total. The Bertz CT molecular complexity index is 563. The van der Waals surface area contributed by atoms with Gasteiger partial charge < -0.3 is 13.9 Å². The van der Waals surface area contributed by atoms with E-state index in [-0.39, 0.29) is 11.3 Å². The summed E-state index contributed by atoms with van der Waals surface area (Å²) in [6.45, 7) is 17.2. The van der Waals surface area contributed by atoms with Gasteiger partial charge in [-0.05, 0) is 44.3 Å². The summed E-state index contributed by atoms with van der Waals surface area (Å²) in [7, 11) is -1.64. The van der Waals surface area contributed by atoms with Crippen molar-refractivity contribution in [1.29, 1.82) is 0 Å². The molecule has 0 unspecified atom stereocenters. The Morgan fingerprint density at radius 2 is 1.84 bits per heavy atom. The van der Waals surface area contributed by atoms with Crippen LogP contribution in [0.4, 0.5) is 0 Å². The Hall–Kier alpha value is -0.713. The molecule has 0 aliphatic rings. The molecule has 1 aromatic rings. The van der Waals surface area contributed by atoms with Crippen LogP contribution < -0.4 is 0 Å². The third-order valence-corrected chi connectivity index (χ3v) is 9.70. The van der Waals surface area contributed by atoms with Crippen LogP contribution in [-0.2, 0) is 13.9 Å². The van der Waals surface area contributed by atoms with E-state index in [2.05, 4.69) is 50.7 Å². The van der Waals surface area contributed by atoms with Crippen LogP contribution >= 0.6 is 11.3 Å². The predicted molar refractivity (Wildman–Crippen MR) is 107 cm³/mol. The van der Waals surface area contributed by atoms with Crippen LogP contribution in [0.3, 0.4) is 0 Å². The first-order valence-corrected chi connectivity index (χ1v) is 12.8. The number of ether oxygens (including phenoxy) is 2. The summed E-state index contributed by atoms with van der Waals surface area (Å²) < 4.78 is 17.3. The lowest BCUT2D eigenvalue weighted by Gasteiger charge is -2.36. The molecule has 6 heteroatoms. The van der Waals surface area contributed by atoms with Crippen molar-refractivity contribution >= 4 is 19.7 Å². The maximum absolute atomic E-state index is 6.16. The first kappa shape index (κ1) is 22.3. The predicted octanol–water partition coefficient (Wildman–Crippen LogP) is 5.37. The summed E-state index contributed by atoms with van der Waals surface area (Å²) in [6.07, 6.45) is 1.40. The van der Waals surface area contributed by atoms with Crippen molar-refractivity contribution in [2.75, 3.05) is 19.8 Å². The second-order valence-electron chi connectivity index (χ2n) is 7.33. The molecule has 0 spiro atoms. The second kappa shape index (κ2) is 10.4. The van der Waals surface area contributed by atoms with Crippen LogP contribution in [0, 0.1) is 11.8 Å². The molecular weight excluding hydrogens is 350 g/mol. The minimum Gasteiger partial charge on any atom is -0.417 e. The zero-order chi connectivity index (χ0) is 18.9. The summed E-state index contributed by atoms with van der Waals surface area (Å²) in [4.78, 5) is 4.51. The normalized spacial score (nSPS) is 12.3. The van der Waals surface area contributed by atoms with E-state index in [0.29, 0.717) is 13.2 Å². The molecule has 0 saturated carbocycles. The molecule has 25 heavy (non-hydrogen) atoms. The summed E-state index contributed by atoms with van der Waals surface area (Å²) in [5.74, 6) is 6.32. The van der Waals surface area contributed by atoms with Gasteiger partial charge in [0.2, 0.25) is 6.29 Å². The topological polar surface area (TPSA) is 40.6 Å².